The Kier molecular flexibility index (Phi) is 3.09. The molecule has 0 saturated heterocycles. The maximum absolute atomic E-state index is 12.2. The zero-order valence-corrected chi connectivity index (χ0v) is 12.4. The molecular weight excluding hydrogens is 322 g/mol. The van der Waals surface area contributed by atoms with Crippen LogP contribution in [0, 0.1) is 11.8 Å². The summed E-state index contributed by atoms with van der Waals surface area (Å²) < 4.78 is 28.5. The summed E-state index contributed by atoms with van der Waals surface area (Å²) >= 11 is 4.56. The van der Waals surface area contributed by atoms with E-state index in [9.17, 15) is 8.42 Å². The Hall–Kier alpha value is 0.0900. The van der Waals surface area contributed by atoms with Crippen LogP contribution in [0.2, 0.25) is 0 Å². The van der Waals surface area contributed by atoms with Crippen molar-refractivity contribution in [1.29, 1.82) is 0 Å². The van der Waals surface area contributed by atoms with Gasteiger partial charge in [0.15, 0.2) is 0 Å². The summed E-state index contributed by atoms with van der Waals surface area (Å²) in [5, 5.41) is 0. The average molecular weight is 336 g/mol. The lowest BCUT2D eigenvalue weighted by Gasteiger charge is -2.22. The van der Waals surface area contributed by atoms with Gasteiger partial charge in [0.25, 0.3) is 0 Å². The number of halogens is 1. The van der Waals surface area contributed by atoms with Crippen LogP contribution in [0.4, 0.5) is 0 Å². The highest BCUT2D eigenvalue weighted by atomic mass is 79.9. The minimum absolute atomic E-state index is 0.166. The molecule has 2 aliphatic carbocycles. The molecule has 0 amide bonds. The first-order valence-corrected chi connectivity index (χ1v) is 8.91. The molecule has 1 heterocycles. The summed E-state index contributed by atoms with van der Waals surface area (Å²) in [6.07, 6.45) is 4.71. The largest absolute Gasteiger partial charge is 0.250 e. The van der Waals surface area contributed by atoms with Crippen molar-refractivity contribution in [2.45, 2.75) is 35.9 Å². The van der Waals surface area contributed by atoms with Gasteiger partial charge in [-0.25, -0.2) is 13.1 Å². The average Bonchev–Trinajstić information content (AvgIpc) is 2.92. The first-order valence-electron chi connectivity index (χ1n) is 5.82. The van der Waals surface area contributed by atoms with Crippen molar-refractivity contribution in [1.82, 2.24) is 4.72 Å². The summed E-state index contributed by atoms with van der Waals surface area (Å²) in [5.74, 6) is 1.32. The topological polar surface area (TPSA) is 46.2 Å². The second-order valence-electron chi connectivity index (χ2n) is 4.96. The molecule has 1 N–H and O–H groups in total. The highest BCUT2D eigenvalue weighted by molar-refractivity contribution is 9.11. The van der Waals surface area contributed by atoms with Crippen molar-refractivity contribution in [2.75, 3.05) is 0 Å². The Morgan fingerprint density at radius 3 is 2.65 bits per heavy atom. The Morgan fingerprint density at radius 2 is 2.12 bits per heavy atom. The first-order chi connectivity index (χ1) is 8.04. The van der Waals surface area contributed by atoms with Gasteiger partial charge >= 0.3 is 0 Å². The smallest absolute Gasteiger partial charge is 0.207 e. The van der Waals surface area contributed by atoms with Crippen molar-refractivity contribution in [3.05, 3.63) is 15.9 Å². The second-order valence-corrected chi connectivity index (χ2v) is 9.37. The van der Waals surface area contributed by atoms with Gasteiger partial charge < -0.3 is 0 Å². The van der Waals surface area contributed by atoms with Crippen molar-refractivity contribution in [3.63, 3.8) is 0 Å². The van der Waals surface area contributed by atoms with Crippen LogP contribution in [0.1, 0.15) is 25.7 Å². The van der Waals surface area contributed by atoms with E-state index in [1.807, 2.05) is 0 Å². The van der Waals surface area contributed by atoms with Crippen molar-refractivity contribution in [2.24, 2.45) is 11.8 Å². The van der Waals surface area contributed by atoms with Crippen LogP contribution in [-0.4, -0.2) is 14.5 Å². The minimum Gasteiger partial charge on any atom is -0.207 e. The van der Waals surface area contributed by atoms with Crippen LogP contribution >= 0.6 is 27.3 Å². The van der Waals surface area contributed by atoms with Gasteiger partial charge in [0.2, 0.25) is 10.0 Å². The summed E-state index contributed by atoms with van der Waals surface area (Å²) in [6, 6.07) is 3.60. The van der Waals surface area contributed by atoms with E-state index in [4.69, 9.17) is 0 Å². The number of hydrogen-bond donors (Lipinski definition) is 1. The van der Waals surface area contributed by atoms with Gasteiger partial charge in [-0.2, -0.15) is 0 Å². The standard InChI is InChI=1S/C11H14BrNO2S2/c12-10-3-4-11(16-10)17(14,15)13-9-6-7-1-2-8(9)5-7/h3-4,7-9,13H,1-2,5-6H2/t7-,8+,9+/m1/s1. The van der Waals surface area contributed by atoms with Crippen LogP contribution in [-0.2, 0) is 10.0 Å². The third-order valence-corrected chi connectivity index (χ3v) is 7.46. The summed E-state index contributed by atoms with van der Waals surface area (Å²) in [4.78, 5) is 0. The maximum Gasteiger partial charge on any atom is 0.250 e. The fraction of sp³-hybridized carbons (Fsp3) is 0.636. The molecule has 0 radical (unpaired) electrons. The van der Waals surface area contributed by atoms with E-state index in [1.54, 1.807) is 12.1 Å². The molecule has 17 heavy (non-hydrogen) atoms. The molecule has 1 aromatic heterocycles. The number of sulfonamides is 1. The predicted molar refractivity (Wildman–Crippen MR) is 71.6 cm³/mol. The molecule has 3 atom stereocenters. The number of thiophene rings is 1. The lowest BCUT2D eigenvalue weighted by Crippen LogP contribution is -2.38. The van der Waals surface area contributed by atoms with E-state index in [-0.39, 0.29) is 6.04 Å². The van der Waals surface area contributed by atoms with Gasteiger partial charge in [-0.05, 0) is 59.2 Å². The van der Waals surface area contributed by atoms with E-state index in [2.05, 4.69) is 20.7 Å². The SMILES string of the molecule is O=S(=O)(N[C@H]1C[C@@H]2CC[C@H]1C2)c1ccc(Br)s1. The minimum atomic E-state index is -3.31. The Labute approximate surface area is 114 Å². The first kappa shape index (κ1) is 12.1. The molecule has 2 bridgehead atoms. The normalized spacial score (nSPS) is 32.2. The molecule has 3 rings (SSSR count). The summed E-state index contributed by atoms with van der Waals surface area (Å²) in [6.45, 7) is 0. The van der Waals surface area contributed by atoms with E-state index in [0.717, 1.165) is 16.1 Å². The molecule has 1 aromatic rings. The fourth-order valence-electron chi connectivity index (χ4n) is 3.09. The van der Waals surface area contributed by atoms with Crippen LogP contribution in [0.15, 0.2) is 20.1 Å². The predicted octanol–water partition coefficient (Wildman–Crippen LogP) is 2.98. The molecule has 0 aliphatic heterocycles. The summed E-state index contributed by atoms with van der Waals surface area (Å²) in [5.41, 5.74) is 0. The molecule has 0 aromatic carbocycles. The van der Waals surface area contributed by atoms with Gasteiger partial charge in [0.05, 0.1) is 3.79 Å². The molecule has 0 spiro atoms. The van der Waals surface area contributed by atoms with Crippen LogP contribution in [0.3, 0.4) is 0 Å². The molecule has 94 valence electrons. The monoisotopic (exact) mass is 335 g/mol. The highest BCUT2D eigenvalue weighted by Crippen LogP contribution is 2.45. The molecule has 2 aliphatic rings. The Bertz CT molecular complexity index is 525. The van der Waals surface area contributed by atoms with Crippen molar-refractivity contribution < 1.29 is 8.42 Å². The van der Waals surface area contributed by atoms with Crippen molar-refractivity contribution in [3.8, 4) is 0 Å². The van der Waals surface area contributed by atoms with Gasteiger partial charge in [-0.1, -0.05) is 6.42 Å². The number of hydrogen-bond acceptors (Lipinski definition) is 3. The highest BCUT2D eigenvalue weighted by Gasteiger charge is 2.41. The van der Waals surface area contributed by atoms with E-state index >= 15 is 0 Å². The van der Waals surface area contributed by atoms with Gasteiger partial charge in [0.1, 0.15) is 4.21 Å². The molecule has 0 unspecified atom stereocenters. The second kappa shape index (κ2) is 4.33. The van der Waals surface area contributed by atoms with E-state index in [0.29, 0.717) is 10.1 Å². The Morgan fingerprint density at radius 1 is 1.29 bits per heavy atom. The fourth-order valence-corrected chi connectivity index (χ4v) is 6.43. The number of fused-ring (bicyclic) bond motifs is 2. The molecule has 6 heteroatoms. The third kappa shape index (κ3) is 2.32. The van der Waals surface area contributed by atoms with Crippen LogP contribution in [0.5, 0.6) is 0 Å². The number of rotatable bonds is 3. The lowest BCUT2D eigenvalue weighted by molar-refractivity contribution is 0.390. The van der Waals surface area contributed by atoms with Gasteiger partial charge in [0, 0.05) is 6.04 Å². The van der Waals surface area contributed by atoms with Gasteiger partial charge in [-0.15, -0.1) is 11.3 Å². The Balaban J connectivity index is 1.76. The van der Waals surface area contributed by atoms with Crippen LogP contribution in [0.25, 0.3) is 0 Å². The molecule has 3 nitrogen and oxygen atoms in total. The van der Waals surface area contributed by atoms with Crippen molar-refractivity contribution >= 4 is 37.3 Å². The zero-order valence-electron chi connectivity index (χ0n) is 9.23. The molecule has 2 saturated carbocycles. The van der Waals surface area contributed by atoms with Crippen LogP contribution < -0.4 is 4.72 Å². The van der Waals surface area contributed by atoms with E-state index < -0.39 is 10.0 Å². The lowest BCUT2D eigenvalue weighted by atomic mass is 9.96. The third-order valence-electron chi connectivity index (χ3n) is 3.86. The molecular formula is C11H14BrNO2S2. The van der Waals surface area contributed by atoms with E-state index in [1.165, 1.54) is 30.6 Å². The zero-order chi connectivity index (χ0) is 12.0. The van der Waals surface area contributed by atoms with Gasteiger partial charge in [-0.3, -0.25) is 0 Å². The maximum atomic E-state index is 12.2. The molecule has 2 fully saturated rings. The number of nitrogens with one attached hydrogen (secondary N) is 1. The quantitative estimate of drug-likeness (QED) is 0.922. The summed E-state index contributed by atoms with van der Waals surface area (Å²) in [7, 11) is -3.31.